The lowest BCUT2D eigenvalue weighted by Gasteiger charge is -2.43. The Bertz CT molecular complexity index is 888. The largest absolute Gasteiger partial charge is 0.482 e. The Labute approximate surface area is 221 Å². The van der Waals surface area contributed by atoms with Gasteiger partial charge in [0.25, 0.3) is 0 Å². The van der Waals surface area contributed by atoms with Crippen LogP contribution in [0.3, 0.4) is 0 Å². The minimum atomic E-state index is -1.00. The third kappa shape index (κ3) is 7.65. The predicted octanol–water partition coefficient (Wildman–Crippen LogP) is 2.65. The molecule has 35 heavy (non-hydrogen) atoms. The van der Waals surface area contributed by atoms with Gasteiger partial charge in [-0.3, -0.25) is 9.59 Å². The monoisotopic (exact) mass is 600 g/mol. The fraction of sp³-hybridized carbons (Fsp3) is 0.615. The van der Waals surface area contributed by atoms with E-state index in [1.54, 1.807) is 11.0 Å². The zero-order valence-corrected chi connectivity index (χ0v) is 22.6. The molecule has 0 bridgehead atoms. The third-order valence-electron chi connectivity index (χ3n) is 6.45. The van der Waals surface area contributed by atoms with E-state index in [-0.39, 0.29) is 43.4 Å². The summed E-state index contributed by atoms with van der Waals surface area (Å²) in [6.07, 6.45) is 3.52. The van der Waals surface area contributed by atoms with Crippen molar-refractivity contribution < 1.29 is 29.3 Å². The van der Waals surface area contributed by atoms with Gasteiger partial charge in [-0.05, 0) is 73.9 Å². The Kier molecular flexibility index (Phi) is 10.8. The topological polar surface area (TPSA) is 108 Å². The molecule has 0 spiro atoms. The summed E-state index contributed by atoms with van der Waals surface area (Å²) in [5.74, 6) is 0.257. The molecule has 0 heterocycles. The molecular formula is C26H37IN2O6. The highest BCUT2D eigenvalue weighted by Crippen LogP contribution is 2.33. The summed E-state index contributed by atoms with van der Waals surface area (Å²) in [6.45, 7) is 4.84. The van der Waals surface area contributed by atoms with Crippen molar-refractivity contribution in [1.29, 1.82) is 0 Å². The first-order valence-corrected chi connectivity index (χ1v) is 13.5. The third-order valence-corrected chi connectivity index (χ3v) is 7.34. The predicted molar refractivity (Wildman–Crippen MR) is 141 cm³/mol. The number of aliphatic hydroxyl groups is 2. The summed E-state index contributed by atoms with van der Waals surface area (Å²) in [7, 11) is 0. The van der Waals surface area contributed by atoms with Crippen LogP contribution in [0.2, 0.25) is 0 Å². The van der Waals surface area contributed by atoms with Gasteiger partial charge in [-0.15, -0.1) is 0 Å². The molecule has 3 atom stereocenters. The van der Waals surface area contributed by atoms with Crippen molar-refractivity contribution >= 4 is 34.4 Å². The van der Waals surface area contributed by atoms with E-state index in [1.165, 1.54) is 0 Å². The highest BCUT2D eigenvalue weighted by molar-refractivity contribution is 14.1. The fourth-order valence-electron chi connectivity index (χ4n) is 4.35. The van der Waals surface area contributed by atoms with Crippen molar-refractivity contribution in [3.05, 3.63) is 39.5 Å². The lowest BCUT2D eigenvalue weighted by Crippen LogP contribution is -2.57. The van der Waals surface area contributed by atoms with E-state index in [0.29, 0.717) is 30.9 Å². The van der Waals surface area contributed by atoms with Gasteiger partial charge in [0.1, 0.15) is 18.0 Å². The van der Waals surface area contributed by atoms with Crippen molar-refractivity contribution in [2.24, 2.45) is 5.92 Å². The number of carbonyl (C=O) groups excluding carboxylic acids is 2. The Hall–Kier alpha value is -1.69. The van der Waals surface area contributed by atoms with Crippen LogP contribution >= 0.6 is 22.6 Å². The van der Waals surface area contributed by atoms with Crippen molar-refractivity contribution in [3.63, 3.8) is 0 Å². The van der Waals surface area contributed by atoms with Crippen LogP contribution in [0.25, 0.3) is 0 Å². The molecule has 8 nitrogen and oxygen atoms in total. The van der Waals surface area contributed by atoms with E-state index in [2.05, 4.69) is 27.9 Å². The molecule has 0 radical (unpaired) electrons. The minimum absolute atomic E-state index is 0.0231. The summed E-state index contributed by atoms with van der Waals surface area (Å²) >= 11 is 2.17. The molecule has 3 unspecified atom stereocenters. The van der Waals surface area contributed by atoms with Crippen LogP contribution in [0.1, 0.15) is 46.0 Å². The number of para-hydroxylation sites is 1. The van der Waals surface area contributed by atoms with E-state index in [0.717, 1.165) is 22.8 Å². The summed E-state index contributed by atoms with van der Waals surface area (Å²) < 4.78 is 12.7. The molecule has 3 N–H and O–H groups in total. The molecule has 1 saturated carbocycles. The number of amides is 2. The number of nitrogens with zero attached hydrogens (tertiary/aromatic N) is 1. The highest BCUT2D eigenvalue weighted by atomic mass is 127. The number of rotatable bonds is 12. The van der Waals surface area contributed by atoms with Crippen LogP contribution in [-0.2, 0) is 14.3 Å². The molecule has 0 aromatic heterocycles. The molecule has 1 fully saturated rings. The van der Waals surface area contributed by atoms with Gasteiger partial charge >= 0.3 is 0 Å². The molecule has 2 aliphatic rings. The molecule has 3 rings (SSSR count). The van der Waals surface area contributed by atoms with Crippen molar-refractivity contribution in [1.82, 2.24) is 10.2 Å². The van der Waals surface area contributed by atoms with E-state index in [4.69, 9.17) is 14.6 Å². The first-order valence-electron chi connectivity index (χ1n) is 12.4. The van der Waals surface area contributed by atoms with Gasteiger partial charge in [-0.1, -0.05) is 18.6 Å². The summed E-state index contributed by atoms with van der Waals surface area (Å²) in [5, 5.41) is 23.3. The van der Waals surface area contributed by atoms with E-state index < -0.39 is 18.2 Å². The van der Waals surface area contributed by atoms with Gasteiger partial charge in [0.15, 0.2) is 0 Å². The quantitative estimate of drug-likeness (QED) is 0.252. The second-order valence-electron chi connectivity index (χ2n) is 9.38. The van der Waals surface area contributed by atoms with Gasteiger partial charge in [0.05, 0.1) is 22.3 Å². The zero-order chi connectivity index (χ0) is 25.4. The molecule has 1 aromatic carbocycles. The number of hydrogen-bond donors (Lipinski definition) is 3. The second-order valence-corrected chi connectivity index (χ2v) is 10.5. The normalized spacial score (nSPS) is 22.3. The van der Waals surface area contributed by atoms with Crippen LogP contribution in [0, 0.1) is 9.49 Å². The number of hydrogen-bond acceptors (Lipinski definition) is 6. The summed E-state index contributed by atoms with van der Waals surface area (Å²) in [6, 6.07) is 6.87. The maximum atomic E-state index is 13.4. The second kappa shape index (κ2) is 13.6. The molecule has 2 amide bonds. The first kappa shape index (κ1) is 27.9. The number of ether oxygens (including phenoxy) is 2. The van der Waals surface area contributed by atoms with Crippen molar-refractivity contribution in [2.45, 2.75) is 70.3 Å². The van der Waals surface area contributed by atoms with E-state index in [9.17, 15) is 14.7 Å². The maximum Gasteiger partial charge on any atom is 0.247 e. The first-order chi connectivity index (χ1) is 16.8. The Morgan fingerprint density at radius 3 is 2.63 bits per heavy atom. The molecule has 0 saturated heterocycles. The summed E-state index contributed by atoms with van der Waals surface area (Å²) in [4.78, 5) is 28.0. The number of nitrogens with one attached hydrogen (secondary N) is 1. The van der Waals surface area contributed by atoms with Crippen molar-refractivity contribution in [2.75, 3.05) is 26.3 Å². The Morgan fingerprint density at radius 2 is 2.00 bits per heavy atom. The fourth-order valence-corrected chi connectivity index (χ4v) is 4.86. The smallest absolute Gasteiger partial charge is 0.247 e. The van der Waals surface area contributed by atoms with E-state index in [1.807, 2.05) is 38.1 Å². The molecule has 0 aliphatic heterocycles. The number of carbonyl (C=O) groups is 2. The van der Waals surface area contributed by atoms with E-state index >= 15 is 0 Å². The van der Waals surface area contributed by atoms with Crippen molar-refractivity contribution in [3.8, 4) is 5.75 Å². The van der Waals surface area contributed by atoms with Gasteiger partial charge in [0, 0.05) is 37.6 Å². The van der Waals surface area contributed by atoms with Gasteiger partial charge in [-0.2, -0.15) is 0 Å². The summed E-state index contributed by atoms with van der Waals surface area (Å²) in [5.41, 5.74) is 0.439. The van der Waals surface area contributed by atoms with Crippen LogP contribution < -0.4 is 10.1 Å². The SMILES string of the molecule is CC(C)OCCCN(C(=O)C1CCC1)C1CC(C(=O)NCCO)=CC(Oc2ccccc2I)C1O. The van der Waals surface area contributed by atoms with Crippen LogP contribution in [0.4, 0.5) is 0 Å². The number of benzene rings is 1. The van der Waals surface area contributed by atoms with Gasteiger partial charge in [0.2, 0.25) is 11.8 Å². The molecular weight excluding hydrogens is 563 g/mol. The van der Waals surface area contributed by atoms with Gasteiger partial charge < -0.3 is 29.9 Å². The van der Waals surface area contributed by atoms with Crippen LogP contribution in [-0.4, -0.2) is 77.6 Å². The maximum absolute atomic E-state index is 13.4. The average molecular weight is 600 g/mol. The molecule has 1 aromatic rings. The zero-order valence-electron chi connectivity index (χ0n) is 20.5. The van der Waals surface area contributed by atoms with Gasteiger partial charge in [-0.25, -0.2) is 0 Å². The molecule has 2 aliphatic carbocycles. The highest BCUT2D eigenvalue weighted by Gasteiger charge is 2.42. The van der Waals surface area contributed by atoms with Crippen LogP contribution in [0.15, 0.2) is 35.9 Å². The molecule has 9 heteroatoms. The average Bonchev–Trinajstić information content (AvgIpc) is 2.79. The Balaban J connectivity index is 1.86. The Morgan fingerprint density at radius 1 is 1.26 bits per heavy atom. The number of aliphatic hydroxyl groups excluding tert-OH is 2. The lowest BCUT2D eigenvalue weighted by molar-refractivity contribution is -0.145. The van der Waals surface area contributed by atoms with Crippen LogP contribution in [0.5, 0.6) is 5.75 Å². The minimum Gasteiger partial charge on any atom is -0.482 e. The standard InChI is InChI=1S/C26H37IN2O6/c1-17(2)34-14-6-12-29(26(33)18-7-5-8-18)21-15-19(25(32)28-11-13-30)16-23(24(21)31)35-22-10-4-3-9-20(22)27/h3-4,9-10,16-18,21,23-24,30-31H,5-8,11-15H2,1-2H3,(H,28,32). The molecule has 194 valence electrons. The number of halogens is 1. The lowest BCUT2D eigenvalue weighted by atomic mass is 9.82.